The van der Waals surface area contributed by atoms with Crippen molar-refractivity contribution in [3.05, 3.63) is 0 Å². The molecule has 0 radical (unpaired) electrons. The van der Waals surface area contributed by atoms with Crippen molar-refractivity contribution in [2.75, 3.05) is 6.16 Å². The zero-order valence-corrected chi connectivity index (χ0v) is 9.06. The minimum absolute atomic E-state index is 0.595. The van der Waals surface area contributed by atoms with Crippen molar-refractivity contribution in [1.29, 1.82) is 0 Å². The lowest BCUT2D eigenvalue weighted by molar-refractivity contribution is 0.422. The molecule has 0 rings (SSSR count). The third-order valence-corrected chi connectivity index (χ3v) is 2.94. The molecule has 12 heavy (non-hydrogen) atoms. The topological polar surface area (TPSA) is 40.5 Å². The highest BCUT2D eigenvalue weighted by atomic mass is 31.2. The van der Waals surface area contributed by atoms with Crippen LogP contribution in [0, 0.1) is 5.92 Å². The van der Waals surface area contributed by atoms with Gasteiger partial charge in [0, 0.05) is 6.16 Å². The number of hydrogen-bond donors (Lipinski definition) is 2. The Morgan fingerprint density at radius 2 is 1.83 bits per heavy atom. The summed E-state index contributed by atoms with van der Waals surface area (Å²) < 4.78 is 0. The summed E-state index contributed by atoms with van der Waals surface area (Å²) in [7, 11) is -1.65. The lowest BCUT2D eigenvalue weighted by atomic mass is 9.97. The van der Waals surface area contributed by atoms with Crippen molar-refractivity contribution in [2.45, 2.75) is 46.0 Å². The highest BCUT2D eigenvalue weighted by molar-refractivity contribution is 7.45. The Bertz CT molecular complexity index is 96.5. The summed E-state index contributed by atoms with van der Waals surface area (Å²) in [5.74, 6) is 0.703. The van der Waals surface area contributed by atoms with Crippen LogP contribution in [0.2, 0.25) is 0 Å². The lowest BCUT2D eigenvalue weighted by Gasteiger charge is -2.13. The second-order valence-electron chi connectivity index (χ2n) is 3.30. The maximum absolute atomic E-state index is 8.74. The summed E-state index contributed by atoms with van der Waals surface area (Å²) in [6.07, 6.45) is 6.50. The van der Waals surface area contributed by atoms with Gasteiger partial charge in [0.25, 0.3) is 0 Å². The molecule has 0 aromatic heterocycles. The van der Waals surface area contributed by atoms with E-state index in [1.807, 2.05) is 0 Å². The first-order chi connectivity index (χ1) is 5.70. The van der Waals surface area contributed by atoms with E-state index >= 15 is 0 Å². The first-order valence-corrected chi connectivity index (χ1v) is 6.29. The van der Waals surface area contributed by atoms with E-state index < -0.39 is 8.38 Å². The van der Waals surface area contributed by atoms with Crippen molar-refractivity contribution in [2.24, 2.45) is 5.92 Å². The summed E-state index contributed by atoms with van der Waals surface area (Å²) >= 11 is 0. The van der Waals surface area contributed by atoms with Crippen LogP contribution in [0.1, 0.15) is 46.0 Å². The van der Waals surface area contributed by atoms with E-state index in [0.717, 1.165) is 6.42 Å². The smallest absolute Gasteiger partial charge is 0.164 e. The quantitative estimate of drug-likeness (QED) is 0.609. The molecule has 74 valence electrons. The van der Waals surface area contributed by atoms with Crippen molar-refractivity contribution in [1.82, 2.24) is 0 Å². The predicted octanol–water partition coefficient (Wildman–Crippen LogP) is 2.89. The fourth-order valence-corrected chi connectivity index (χ4v) is 1.94. The molecule has 0 aliphatic carbocycles. The summed E-state index contributed by atoms with van der Waals surface area (Å²) in [5, 5.41) is 0. The van der Waals surface area contributed by atoms with Crippen molar-refractivity contribution in [3.63, 3.8) is 0 Å². The van der Waals surface area contributed by atoms with Crippen LogP contribution < -0.4 is 0 Å². The zero-order valence-electron chi connectivity index (χ0n) is 8.16. The van der Waals surface area contributed by atoms with Gasteiger partial charge in [0.05, 0.1) is 0 Å². The first kappa shape index (κ1) is 12.3. The molecule has 0 aliphatic heterocycles. The van der Waals surface area contributed by atoms with E-state index in [4.69, 9.17) is 9.79 Å². The Balaban J connectivity index is 3.39. The van der Waals surface area contributed by atoms with Crippen LogP contribution in [0.5, 0.6) is 0 Å². The molecular formula is C9H21O2P. The van der Waals surface area contributed by atoms with Crippen molar-refractivity contribution >= 4 is 8.38 Å². The Labute approximate surface area is 76.9 Å². The maximum atomic E-state index is 8.74. The molecule has 2 nitrogen and oxygen atoms in total. The van der Waals surface area contributed by atoms with Crippen LogP contribution in [-0.4, -0.2) is 15.9 Å². The Morgan fingerprint density at radius 3 is 2.25 bits per heavy atom. The maximum Gasteiger partial charge on any atom is 0.164 e. The molecule has 0 heterocycles. The first-order valence-electron chi connectivity index (χ1n) is 4.86. The standard InChI is InChI=1S/C9H21O2P/c1-3-5-6-9(4-2)7-8-12(10)11/h9-11H,3-8H2,1-2H3. The Morgan fingerprint density at radius 1 is 1.17 bits per heavy atom. The Hall–Kier alpha value is 0.350. The second-order valence-corrected chi connectivity index (χ2v) is 4.49. The molecule has 0 aromatic rings. The minimum Gasteiger partial charge on any atom is -0.350 e. The van der Waals surface area contributed by atoms with Gasteiger partial charge in [-0.2, -0.15) is 0 Å². The van der Waals surface area contributed by atoms with Crippen LogP contribution in [0.3, 0.4) is 0 Å². The van der Waals surface area contributed by atoms with E-state index in [0.29, 0.717) is 12.1 Å². The number of hydrogen-bond acceptors (Lipinski definition) is 2. The van der Waals surface area contributed by atoms with Crippen molar-refractivity contribution < 1.29 is 9.79 Å². The molecule has 0 fully saturated rings. The van der Waals surface area contributed by atoms with E-state index in [-0.39, 0.29) is 0 Å². The normalized spacial score (nSPS) is 13.8. The molecule has 0 bridgehead atoms. The Kier molecular flexibility index (Phi) is 8.20. The van der Waals surface area contributed by atoms with Crippen LogP contribution in [-0.2, 0) is 0 Å². The molecule has 2 N–H and O–H groups in total. The van der Waals surface area contributed by atoms with Crippen LogP contribution in [0.15, 0.2) is 0 Å². The van der Waals surface area contributed by atoms with E-state index in [1.165, 1.54) is 25.7 Å². The highest BCUT2D eigenvalue weighted by Crippen LogP contribution is 2.28. The van der Waals surface area contributed by atoms with Gasteiger partial charge in [0.2, 0.25) is 0 Å². The van der Waals surface area contributed by atoms with Gasteiger partial charge in [-0.1, -0.05) is 39.5 Å². The fraction of sp³-hybridized carbons (Fsp3) is 1.00. The van der Waals surface area contributed by atoms with Crippen LogP contribution >= 0.6 is 8.38 Å². The third kappa shape index (κ3) is 7.02. The molecule has 0 amide bonds. The summed E-state index contributed by atoms with van der Waals surface area (Å²) in [5.41, 5.74) is 0. The SMILES string of the molecule is CCCCC(CC)CCP(O)O. The van der Waals surface area contributed by atoms with Crippen molar-refractivity contribution in [3.8, 4) is 0 Å². The molecule has 0 spiro atoms. The highest BCUT2D eigenvalue weighted by Gasteiger charge is 2.07. The minimum atomic E-state index is -1.65. The zero-order chi connectivity index (χ0) is 9.40. The predicted molar refractivity (Wildman–Crippen MR) is 54.1 cm³/mol. The second kappa shape index (κ2) is 7.97. The molecule has 0 aliphatic rings. The van der Waals surface area contributed by atoms with Gasteiger partial charge < -0.3 is 9.79 Å². The van der Waals surface area contributed by atoms with Crippen LogP contribution in [0.4, 0.5) is 0 Å². The third-order valence-electron chi connectivity index (χ3n) is 2.28. The van der Waals surface area contributed by atoms with Gasteiger partial charge in [0.1, 0.15) is 0 Å². The van der Waals surface area contributed by atoms with E-state index in [1.54, 1.807) is 0 Å². The molecule has 3 heteroatoms. The average Bonchev–Trinajstić information content (AvgIpc) is 2.05. The lowest BCUT2D eigenvalue weighted by Crippen LogP contribution is -2.01. The van der Waals surface area contributed by atoms with Gasteiger partial charge in [-0.15, -0.1) is 0 Å². The summed E-state index contributed by atoms with van der Waals surface area (Å²) in [4.78, 5) is 17.5. The molecular weight excluding hydrogens is 171 g/mol. The molecule has 0 saturated heterocycles. The summed E-state index contributed by atoms with van der Waals surface area (Å²) in [6, 6.07) is 0. The molecule has 1 unspecified atom stereocenters. The molecule has 0 aromatic carbocycles. The largest absolute Gasteiger partial charge is 0.350 e. The molecule has 0 saturated carbocycles. The van der Waals surface area contributed by atoms with Gasteiger partial charge >= 0.3 is 0 Å². The fourth-order valence-electron chi connectivity index (χ4n) is 1.34. The van der Waals surface area contributed by atoms with Gasteiger partial charge in [0.15, 0.2) is 8.38 Å². The van der Waals surface area contributed by atoms with Gasteiger partial charge in [-0.05, 0) is 12.3 Å². The number of rotatable bonds is 7. The number of unbranched alkanes of at least 4 members (excludes halogenated alkanes) is 1. The van der Waals surface area contributed by atoms with Gasteiger partial charge in [-0.25, -0.2) is 0 Å². The van der Waals surface area contributed by atoms with Gasteiger partial charge in [-0.3, -0.25) is 0 Å². The summed E-state index contributed by atoms with van der Waals surface area (Å²) in [6.45, 7) is 4.37. The van der Waals surface area contributed by atoms with E-state index in [9.17, 15) is 0 Å². The molecule has 1 atom stereocenters. The monoisotopic (exact) mass is 192 g/mol. The van der Waals surface area contributed by atoms with Crippen LogP contribution in [0.25, 0.3) is 0 Å². The average molecular weight is 192 g/mol. The van der Waals surface area contributed by atoms with E-state index in [2.05, 4.69) is 13.8 Å².